The van der Waals surface area contributed by atoms with Gasteiger partial charge in [0.2, 0.25) is 5.88 Å². The summed E-state index contributed by atoms with van der Waals surface area (Å²) >= 11 is 1.50. The van der Waals surface area contributed by atoms with Crippen molar-refractivity contribution in [2.75, 3.05) is 0 Å². The van der Waals surface area contributed by atoms with Gasteiger partial charge in [-0.05, 0) is 6.42 Å². The first kappa shape index (κ1) is 8.25. The Morgan fingerprint density at radius 2 is 2.46 bits per heavy atom. The van der Waals surface area contributed by atoms with Gasteiger partial charge in [-0.2, -0.15) is 4.98 Å². The van der Waals surface area contributed by atoms with Crippen molar-refractivity contribution in [2.45, 2.75) is 13.3 Å². The summed E-state index contributed by atoms with van der Waals surface area (Å²) in [5.41, 5.74) is 3.27. The Morgan fingerprint density at radius 1 is 1.62 bits per heavy atom. The van der Waals surface area contributed by atoms with Crippen molar-refractivity contribution >= 4 is 11.3 Å². The van der Waals surface area contributed by atoms with E-state index in [1.807, 2.05) is 12.3 Å². The Balaban J connectivity index is 2.43. The lowest BCUT2D eigenvalue weighted by Gasteiger charge is -1.87. The van der Waals surface area contributed by atoms with Crippen LogP contribution in [-0.4, -0.2) is 20.1 Å². The van der Waals surface area contributed by atoms with Crippen molar-refractivity contribution in [3.8, 4) is 17.4 Å². The Labute approximate surface area is 79.3 Å². The lowest BCUT2D eigenvalue weighted by atomic mass is 10.4. The molecular weight excluding hydrogens is 186 g/mol. The SMILES string of the molecule is CCc1[nH]c(-c2cscn2)nc1O. The minimum absolute atomic E-state index is 0.0745. The Hall–Kier alpha value is -1.36. The average molecular weight is 195 g/mol. The van der Waals surface area contributed by atoms with Crippen LogP contribution in [0.4, 0.5) is 0 Å². The summed E-state index contributed by atoms with van der Waals surface area (Å²) < 4.78 is 0. The summed E-state index contributed by atoms with van der Waals surface area (Å²) in [6.07, 6.45) is 0.739. The standard InChI is InChI=1S/C8H9N3OS/c1-2-5-8(12)11-7(10-5)6-3-13-4-9-6/h3-4,12H,2H2,1H3,(H,10,11). The van der Waals surface area contributed by atoms with Crippen LogP contribution in [0.1, 0.15) is 12.6 Å². The number of thiazole rings is 1. The highest BCUT2D eigenvalue weighted by molar-refractivity contribution is 7.07. The van der Waals surface area contributed by atoms with Crippen LogP contribution >= 0.6 is 11.3 Å². The predicted octanol–water partition coefficient (Wildman–Crippen LogP) is 1.80. The van der Waals surface area contributed by atoms with E-state index in [4.69, 9.17) is 0 Å². The number of hydrogen-bond donors (Lipinski definition) is 2. The summed E-state index contributed by atoms with van der Waals surface area (Å²) in [6, 6.07) is 0. The summed E-state index contributed by atoms with van der Waals surface area (Å²) in [5.74, 6) is 0.709. The molecule has 0 bridgehead atoms. The van der Waals surface area contributed by atoms with Crippen LogP contribution in [0.15, 0.2) is 10.9 Å². The van der Waals surface area contributed by atoms with Crippen LogP contribution in [0.5, 0.6) is 5.88 Å². The van der Waals surface area contributed by atoms with Crippen LogP contribution in [0.3, 0.4) is 0 Å². The highest BCUT2D eigenvalue weighted by Crippen LogP contribution is 2.21. The number of aromatic amines is 1. The van der Waals surface area contributed by atoms with E-state index >= 15 is 0 Å². The van der Waals surface area contributed by atoms with Gasteiger partial charge in [-0.25, -0.2) is 4.98 Å². The number of H-pyrrole nitrogens is 1. The van der Waals surface area contributed by atoms with E-state index in [0.717, 1.165) is 17.8 Å². The number of nitrogens with one attached hydrogen (secondary N) is 1. The number of aromatic nitrogens is 3. The van der Waals surface area contributed by atoms with Crippen molar-refractivity contribution in [3.05, 3.63) is 16.6 Å². The van der Waals surface area contributed by atoms with Crippen molar-refractivity contribution in [1.82, 2.24) is 15.0 Å². The molecule has 5 heteroatoms. The van der Waals surface area contributed by atoms with Crippen molar-refractivity contribution in [3.63, 3.8) is 0 Å². The Morgan fingerprint density at radius 3 is 3.00 bits per heavy atom. The second-order valence-corrected chi connectivity index (χ2v) is 3.33. The molecule has 68 valence electrons. The summed E-state index contributed by atoms with van der Waals surface area (Å²) in [6.45, 7) is 1.96. The Kier molecular flexibility index (Phi) is 2.02. The first-order valence-corrected chi connectivity index (χ1v) is 4.92. The largest absolute Gasteiger partial charge is 0.492 e. The number of imidazole rings is 1. The molecule has 0 spiro atoms. The molecule has 2 N–H and O–H groups in total. The molecule has 0 saturated carbocycles. The van der Waals surface area contributed by atoms with Crippen LogP contribution in [0, 0.1) is 0 Å². The second-order valence-electron chi connectivity index (χ2n) is 2.61. The molecule has 2 rings (SSSR count). The summed E-state index contributed by atoms with van der Waals surface area (Å²) in [5, 5.41) is 11.3. The van der Waals surface area contributed by atoms with Gasteiger partial charge in [-0.1, -0.05) is 6.92 Å². The molecule has 0 atom stereocenters. The van der Waals surface area contributed by atoms with Crippen molar-refractivity contribution in [2.24, 2.45) is 0 Å². The van der Waals surface area contributed by atoms with Gasteiger partial charge >= 0.3 is 0 Å². The van der Waals surface area contributed by atoms with E-state index < -0.39 is 0 Å². The number of aromatic hydroxyl groups is 1. The third-order valence-electron chi connectivity index (χ3n) is 1.79. The minimum Gasteiger partial charge on any atom is -0.492 e. The molecule has 4 nitrogen and oxygen atoms in total. The maximum atomic E-state index is 9.36. The predicted molar refractivity (Wildman–Crippen MR) is 50.7 cm³/mol. The quantitative estimate of drug-likeness (QED) is 0.768. The van der Waals surface area contributed by atoms with Gasteiger partial charge in [-0.3, -0.25) is 0 Å². The van der Waals surface area contributed by atoms with Gasteiger partial charge in [0.1, 0.15) is 5.69 Å². The van der Waals surface area contributed by atoms with Gasteiger partial charge in [0.05, 0.1) is 11.2 Å². The lowest BCUT2D eigenvalue weighted by Crippen LogP contribution is -1.81. The number of rotatable bonds is 2. The fraction of sp³-hybridized carbons (Fsp3) is 0.250. The van der Waals surface area contributed by atoms with E-state index in [9.17, 15) is 5.11 Å². The van der Waals surface area contributed by atoms with Gasteiger partial charge in [-0.15, -0.1) is 11.3 Å². The first-order chi connectivity index (χ1) is 6.31. The minimum atomic E-state index is 0.0745. The normalized spacial score (nSPS) is 10.5. The fourth-order valence-corrected chi connectivity index (χ4v) is 1.63. The average Bonchev–Trinajstić information content (AvgIpc) is 2.71. The molecule has 13 heavy (non-hydrogen) atoms. The van der Waals surface area contributed by atoms with Gasteiger partial charge < -0.3 is 10.1 Å². The third kappa shape index (κ3) is 1.42. The molecular formula is C8H9N3OS. The summed E-state index contributed by atoms with van der Waals surface area (Å²) in [4.78, 5) is 11.1. The zero-order chi connectivity index (χ0) is 9.26. The van der Waals surface area contributed by atoms with E-state index in [1.54, 1.807) is 5.51 Å². The molecule has 0 aromatic carbocycles. The smallest absolute Gasteiger partial charge is 0.232 e. The van der Waals surface area contributed by atoms with E-state index in [-0.39, 0.29) is 5.88 Å². The van der Waals surface area contributed by atoms with Gasteiger partial charge in [0.25, 0.3) is 0 Å². The van der Waals surface area contributed by atoms with Crippen molar-refractivity contribution < 1.29 is 5.11 Å². The zero-order valence-corrected chi connectivity index (χ0v) is 7.93. The summed E-state index contributed by atoms with van der Waals surface area (Å²) in [7, 11) is 0. The fourth-order valence-electron chi connectivity index (χ4n) is 1.10. The van der Waals surface area contributed by atoms with Crippen molar-refractivity contribution in [1.29, 1.82) is 0 Å². The van der Waals surface area contributed by atoms with Crippen LogP contribution in [0.2, 0.25) is 0 Å². The van der Waals surface area contributed by atoms with Crippen LogP contribution in [0.25, 0.3) is 11.5 Å². The molecule has 0 aliphatic rings. The molecule has 0 fully saturated rings. The molecule has 0 amide bonds. The van der Waals surface area contributed by atoms with E-state index in [0.29, 0.717) is 5.82 Å². The van der Waals surface area contributed by atoms with Gasteiger partial charge in [0.15, 0.2) is 5.82 Å². The molecule has 2 heterocycles. The molecule has 0 unspecified atom stereocenters. The topological polar surface area (TPSA) is 61.8 Å². The maximum Gasteiger partial charge on any atom is 0.232 e. The number of nitrogens with zero attached hydrogens (tertiary/aromatic N) is 2. The number of aryl methyl sites for hydroxylation is 1. The highest BCUT2D eigenvalue weighted by atomic mass is 32.1. The lowest BCUT2D eigenvalue weighted by molar-refractivity contribution is 0.450. The first-order valence-electron chi connectivity index (χ1n) is 3.97. The third-order valence-corrected chi connectivity index (χ3v) is 2.37. The second kappa shape index (κ2) is 3.18. The van der Waals surface area contributed by atoms with Gasteiger partial charge in [0, 0.05) is 5.38 Å². The van der Waals surface area contributed by atoms with Crippen LogP contribution < -0.4 is 0 Å². The zero-order valence-electron chi connectivity index (χ0n) is 7.11. The molecule has 2 aromatic rings. The molecule has 0 saturated heterocycles. The maximum absolute atomic E-state index is 9.36. The monoisotopic (exact) mass is 195 g/mol. The molecule has 0 aliphatic carbocycles. The molecule has 0 radical (unpaired) electrons. The highest BCUT2D eigenvalue weighted by Gasteiger charge is 2.09. The Bertz CT molecular complexity index is 393. The van der Waals surface area contributed by atoms with E-state index in [2.05, 4.69) is 15.0 Å². The van der Waals surface area contributed by atoms with E-state index in [1.165, 1.54) is 11.3 Å². The molecule has 0 aliphatic heterocycles. The number of hydrogen-bond acceptors (Lipinski definition) is 4. The molecule has 2 aromatic heterocycles. The van der Waals surface area contributed by atoms with Crippen LogP contribution in [-0.2, 0) is 6.42 Å².